The van der Waals surface area contributed by atoms with E-state index in [1.165, 1.54) is 135 Å². The summed E-state index contributed by atoms with van der Waals surface area (Å²) >= 11 is 0. The van der Waals surface area contributed by atoms with Gasteiger partial charge >= 0.3 is 0 Å². The predicted octanol–water partition coefficient (Wildman–Crippen LogP) is 10.3. The Morgan fingerprint density at radius 2 is 0.841 bits per heavy atom. The molecule has 2 aromatic rings. The summed E-state index contributed by atoms with van der Waals surface area (Å²) in [6.45, 7) is 6.18. The van der Waals surface area contributed by atoms with E-state index >= 15 is 0 Å². The second kappa shape index (κ2) is 18.6. The highest BCUT2D eigenvalue weighted by Gasteiger charge is 2.19. The molecular formula is C40H58N4. The topological polar surface area (TPSA) is 76.8 Å². The molecule has 0 unspecified atom stereocenters. The van der Waals surface area contributed by atoms with Crippen molar-refractivity contribution in [2.75, 3.05) is 13.1 Å². The number of hydrogen-bond acceptors (Lipinski definition) is 4. The fourth-order valence-corrected chi connectivity index (χ4v) is 6.85. The molecule has 0 heterocycles. The number of hydrogen-bond donors (Lipinski definition) is 2. The van der Waals surface area contributed by atoms with Crippen LogP contribution in [0.25, 0.3) is 11.4 Å². The third kappa shape index (κ3) is 10.2. The number of benzene rings is 2. The fraction of sp³-hybridized carbons (Fsp3) is 0.550. The minimum Gasteiger partial charge on any atom is -0.398 e. The smallest absolute Gasteiger partial charge is 0.0441 e. The lowest BCUT2D eigenvalue weighted by atomic mass is 9.88. The molecule has 44 heavy (non-hydrogen) atoms. The van der Waals surface area contributed by atoms with Gasteiger partial charge in [-0.05, 0) is 100 Å². The molecule has 4 N–H and O–H groups in total. The minimum atomic E-state index is 0.944. The molecule has 4 nitrogen and oxygen atoms in total. The van der Waals surface area contributed by atoms with Gasteiger partial charge in [0.1, 0.15) is 0 Å². The van der Waals surface area contributed by atoms with E-state index in [1.807, 2.05) is 0 Å². The third-order valence-corrected chi connectivity index (χ3v) is 9.57. The summed E-state index contributed by atoms with van der Waals surface area (Å²) in [4.78, 5) is 10.1. The number of nitrogens with two attached hydrogens (primary N) is 2. The highest BCUT2D eigenvalue weighted by Crippen LogP contribution is 2.29. The van der Waals surface area contributed by atoms with Gasteiger partial charge in [0.25, 0.3) is 0 Å². The summed E-state index contributed by atoms with van der Waals surface area (Å²) in [6, 6.07) is 16.9. The zero-order valence-electron chi connectivity index (χ0n) is 27.8. The second-order valence-corrected chi connectivity index (χ2v) is 13.0. The van der Waals surface area contributed by atoms with Crippen LogP contribution < -0.4 is 11.5 Å². The van der Waals surface area contributed by atoms with Gasteiger partial charge in [0, 0.05) is 47.0 Å². The van der Waals surface area contributed by atoms with Gasteiger partial charge in [0.2, 0.25) is 0 Å². The lowest BCUT2D eigenvalue weighted by molar-refractivity contribution is 0.554. The molecule has 238 valence electrons. The first kappa shape index (κ1) is 33.7. The zero-order valence-corrected chi connectivity index (χ0v) is 27.8. The van der Waals surface area contributed by atoms with Crippen LogP contribution in [0.3, 0.4) is 0 Å². The molecule has 0 radical (unpaired) electrons. The molecule has 2 aromatic carbocycles. The third-order valence-electron chi connectivity index (χ3n) is 9.57. The molecule has 4 rings (SSSR count). The van der Waals surface area contributed by atoms with Crippen molar-refractivity contribution >= 4 is 22.8 Å². The van der Waals surface area contributed by atoms with Crippen LogP contribution in [0.2, 0.25) is 0 Å². The SMILES string of the molecule is Cc1ccccc1/C(N)=C1/CCCC/C1=N\CCCCCCCCCCCC/N=C1\CCCC\C1=C(/N)c1ccccc1C. The number of unbranched alkanes of at least 4 members (excludes halogenated alkanes) is 9. The zero-order chi connectivity index (χ0) is 31.0. The lowest BCUT2D eigenvalue weighted by Gasteiger charge is -2.21. The molecule has 4 heteroatoms. The van der Waals surface area contributed by atoms with Gasteiger partial charge in [0.05, 0.1) is 0 Å². The molecule has 0 aliphatic heterocycles. The highest BCUT2D eigenvalue weighted by molar-refractivity contribution is 6.07. The maximum absolute atomic E-state index is 6.66. The van der Waals surface area contributed by atoms with Crippen molar-refractivity contribution in [3.63, 3.8) is 0 Å². The van der Waals surface area contributed by atoms with E-state index in [0.29, 0.717) is 0 Å². The largest absolute Gasteiger partial charge is 0.398 e. The minimum absolute atomic E-state index is 0.944. The van der Waals surface area contributed by atoms with Crippen molar-refractivity contribution in [2.45, 2.75) is 129 Å². The Bertz CT molecular complexity index is 1210. The van der Waals surface area contributed by atoms with Crippen molar-refractivity contribution in [3.8, 4) is 0 Å². The van der Waals surface area contributed by atoms with E-state index in [2.05, 4.69) is 62.4 Å². The number of rotatable bonds is 15. The maximum Gasteiger partial charge on any atom is 0.0441 e. The molecule has 0 spiro atoms. The van der Waals surface area contributed by atoms with Gasteiger partial charge in [-0.25, -0.2) is 0 Å². The first-order valence-corrected chi connectivity index (χ1v) is 17.7. The van der Waals surface area contributed by atoms with E-state index in [1.54, 1.807) is 0 Å². The Labute approximate surface area is 268 Å². The summed E-state index contributed by atoms with van der Waals surface area (Å²) in [7, 11) is 0. The van der Waals surface area contributed by atoms with Gasteiger partial charge in [-0.15, -0.1) is 0 Å². The maximum atomic E-state index is 6.66. The molecule has 0 atom stereocenters. The van der Waals surface area contributed by atoms with Crippen molar-refractivity contribution in [1.29, 1.82) is 0 Å². The van der Waals surface area contributed by atoms with Crippen molar-refractivity contribution < 1.29 is 0 Å². The van der Waals surface area contributed by atoms with E-state index in [9.17, 15) is 0 Å². The molecule has 0 bridgehead atoms. The normalized spacial score (nSPS) is 19.9. The first-order valence-electron chi connectivity index (χ1n) is 17.7. The Morgan fingerprint density at radius 1 is 0.500 bits per heavy atom. The Balaban J connectivity index is 1.07. The van der Waals surface area contributed by atoms with Crippen LogP contribution in [0.5, 0.6) is 0 Å². The number of aliphatic imine (C=N–C) groups is 2. The molecule has 0 saturated heterocycles. The van der Waals surface area contributed by atoms with Crippen LogP contribution in [0.1, 0.15) is 138 Å². The standard InChI is InChI=1S/C40H58N4/c1-31-21-11-13-23-33(31)39(41)35-25-15-17-27-37(35)43-29-19-9-7-5-3-4-6-8-10-20-30-44-38-28-18-16-26-36(38)40(42)34-24-14-12-22-32(34)2/h11-14,21-24H,3-10,15-20,25-30,41-42H2,1-2H3/b39-35+,40-36+,43-37+,44-38+. The predicted molar refractivity (Wildman–Crippen MR) is 192 cm³/mol. The van der Waals surface area contributed by atoms with E-state index in [-0.39, 0.29) is 0 Å². The van der Waals surface area contributed by atoms with Gasteiger partial charge in [-0.2, -0.15) is 0 Å². The molecule has 2 aliphatic carbocycles. The number of allylic oxidation sites excluding steroid dienone is 2. The average molecular weight is 595 g/mol. The quantitative estimate of drug-likeness (QED) is 0.201. The second-order valence-electron chi connectivity index (χ2n) is 13.0. The van der Waals surface area contributed by atoms with Crippen molar-refractivity contribution in [2.24, 2.45) is 21.5 Å². The Morgan fingerprint density at radius 3 is 1.23 bits per heavy atom. The molecule has 2 fully saturated rings. The Hall–Kier alpha value is -3.14. The van der Waals surface area contributed by atoms with E-state index < -0.39 is 0 Å². The highest BCUT2D eigenvalue weighted by atomic mass is 14.8. The van der Waals surface area contributed by atoms with Crippen LogP contribution in [0.4, 0.5) is 0 Å². The summed E-state index contributed by atoms with van der Waals surface area (Å²) < 4.78 is 0. The van der Waals surface area contributed by atoms with E-state index in [4.69, 9.17) is 21.5 Å². The van der Waals surface area contributed by atoms with E-state index in [0.717, 1.165) is 50.2 Å². The van der Waals surface area contributed by atoms with Gasteiger partial charge in [-0.1, -0.05) is 99.9 Å². The lowest BCUT2D eigenvalue weighted by Crippen LogP contribution is -2.16. The molecule has 0 aromatic heterocycles. The van der Waals surface area contributed by atoms with Gasteiger partial charge in [0.15, 0.2) is 0 Å². The van der Waals surface area contributed by atoms with Crippen LogP contribution >= 0.6 is 0 Å². The summed E-state index contributed by atoms with van der Waals surface area (Å²) in [5.41, 5.74) is 25.2. The van der Waals surface area contributed by atoms with Crippen LogP contribution in [-0.4, -0.2) is 24.5 Å². The van der Waals surface area contributed by atoms with Crippen molar-refractivity contribution in [3.05, 3.63) is 81.9 Å². The number of nitrogens with zero attached hydrogens (tertiary/aromatic N) is 2. The Kier molecular flexibility index (Phi) is 14.3. The van der Waals surface area contributed by atoms with Gasteiger partial charge < -0.3 is 11.5 Å². The first-order chi connectivity index (χ1) is 21.6. The van der Waals surface area contributed by atoms with Crippen LogP contribution in [0, 0.1) is 13.8 Å². The van der Waals surface area contributed by atoms with Crippen LogP contribution in [0.15, 0.2) is 69.7 Å². The van der Waals surface area contributed by atoms with Crippen molar-refractivity contribution in [1.82, 2.24) is 0 Å². The number of aryl methyl sites for hydroxylation is 2. The molecule has 0 amide bonds. The summed E-state index contributed by atoms with van der Waals surface area (Å²) in [5.74, 6) is 0. The summed E-state index contributed by atoms with van der Waals surface area (Å²) in [6.07, 6.45) is 22.3. The average Bonchev–Trinajstić information content (AvgIpc) is 3.05. The molecule has 2 aliphatic rings. The van der Waals surface area contributed by atoms with Gasteiger partial charge in [-0.3, -0.25) is 9.98 Å². The summed E-state index contributed by atoms with van der Waals surface area (Å²) in [5, 5.41) is 0. The fourth-order valence-electron chi connectivity index (χ4n) is 6.85. The molecule has 2 saturated carbocycles. The van der Waals surface area contributed by atoms with Crippen LogP contribution in [-0.2, 0) is 0 Å². The monoisotopic (exact) mass is 594 g/mol. The molecular weight excluding hydrogens is 536 g/mol.